The fraction of sp³-hybridized carbons (Fsp3) is 0.688. The van der Waals surface area contributed by atoms with Crippen LogP contribution in [-0.2, 0) is 0 Å². The molecule has 1 fully saturated rings. The number of thioether (sulfide) groups is 1. The Morgan fingerprint density at radius 3 is 2.90 bits per heavy atom. The first-order valence-electron chi connectivity index (χ1n) is 7.71. The quantitative estimate of drug-likeness (QED) is 0.678. The van der Waals surface area contributed by atoms with Gasteiger partial charge in [0.25, 0.3) is 0 Å². The third-order valence-corrected chi connectivity index (χ3v) is 6.27. The van der Waals surface area contributed by atoms with Crippen LogP contribution in [0.5, 0.6) is 0 Å². The molecule has 1 N–H and O–H groups in total. The predicted octanol–water partition coefficient (Wildman–Crippen LogP) is 3.50. The summed E-state index contributed by atoms with van der Waals surface area (Å²) >= 11 is 3.87. The van der Waals surface area contributed by atoms with Crippen molar-refractivity contribution in [3.8, 4) is 0 Å². The van der Waals surface area contributed by atoms with Crippen molar-refractivity contribution < 1.29 is 0 Å². The Hall–Kier alpha value is -0.680. The number of guanidine groups is 1. The maximum atomic E-state index is 4.48. The summed E-state index contributed by atoms with van der Waals surface area (Å²) in [5, 5.41) is 8.66. The van der Waals surface area contributed by atoms with Crippen LogP contribution in [0, 0.1) is 5.92 Å². The molecule has 1 aliphatic heterocycles. The molecule has 0 saturated carbocycles. The van der Waals surface area contributed by atoms with Gasteiger partial charge in [0.2, 0.25) is 0 Å². The van der Waals surface area contributed by atoms with Crippen LogP contribution in [0.2, 0.25) is 0 Å². The highest BCUT2D eigenvalue weighted by atomic mass is 32.2. The number of nitrogens with zero attached hydrogens (tertiary/aromatic N) is 2. The van der Waals surface area contributed by atoms with Gasteiger partial charge >= 0.3 is 0 Å². The monoisotopic (exact) mass is 325 g/mol. The van der Waals surface area contributed by atoms with E-state index < -0.39 is 0 Å². The van der Waals surface area contributed by atoms with Crippen molar-refractivity contribution in [2.45, 2.75) is 31.9 Å². The van der Waals surface area contributed by atoms with Crippen molar-refractivity contribution in [3.63, 3.8) is 0 Å². The van der Waals surface area contributed by atoms with E-state index in [1.165, 1.54) is 11.3 Å². The Balaban J connectivity index is 1.88. The first kappa shape index (κ1) is 16.7. The maximum absolute atomic E-state index is 4.48. The largest absolute Gasteiger partial charge is 0.356 e. The molecule has 0 aromatic carbocycles. The van der Waals surface area contributed by atoms with Gasteiger partial charge in [0.1, 0.15) is 0 Å². The van der Waals surface area contributed by atoms with Crippen molar-refractivity contribution in [2.24, 2.45) is 10.9 Å². The molecule has 0 aliphatic carbocycles. The first-order valence-corrected chi connectivity index (χ1v) is 9.70. The van der Waals surface area contributed by atoms with Crippen LogP contribution in [0.4, 0.5) is 0 Å². The molecule has 2 atom stereocenters. The van der Waals surface area contributed by atoms with E-state index in [1.54, 1.807) is 11.3 Å². The lowest BCUT2D eigenvalue weighted by Crippen LogP contribution is -2.49. The van der Waals surface area contributed by atoms with Gasteiger partial charge in [-0.1, -0.05) is 20.8 Å². The van der Waals surface area contributed by atoms with E-state index in [9.17, 15) is 0 Å². The molecule has 2 rings (SSSR count). The van der Waals surface area contributed by atoms with Gasteiger partial charge in [-0.2, -0.15) is 23.1 Å². The topological polar surface area (TPSA) is 27.6 Å². The van der Waals surface area contributed by atoms with E-state index >= 15 is 0 Å². The second-order valence-corrected chi connectivity index (χ2v) is 8.11. The van der Waals surface area contributed by atoms with Gasteiger partial charge in [0, 0.05) is 37.7 Å². The number of thiophene rings is 1. The zero-order valence-electron chi connectivity index (χ0n) is 13.5. The minimum atomic E-state index is 0.521. The van der Waals surface area contributed by atoms with Gasteiger partial charge < -0.3 is 10.2 Å². The van der Waals surface area contributed by atoms with Crippen molar-refractivity contribution in [2.75, 3.05) is 32.4 Å². The van der Waals surface area contributed by atoms with Crippen LogP contribution < -0.4 is 5.32 Å². The molecule has 21 heavy (non-hydrogen) atoms. The fourth-order valence-corrected chi connectivity index (χ4v) is 4.60. The Labute approximate surface area is 137 Å². The Bertz CT molecular complexity index is 442. The maximum Gasteiger partial charge on any atom is 0.193 e. The van der Waals surface area contributed by atoms with Gasteiger partial charge in [-0.05, 0) is 34.2 Å². The normalized spacial score (nSPS) is 21.7. The van der Waals surface area contributed by atoms with Gasteiger partial charge in [-0.3, -0.25) is 4.99 Å². The molecule has 3 nitrogen and oxygen atoms in total. The van der Waals surface area contributed by atoms with E-state index in [-0.39, 0.29) is 0 Å². The van der Waals surface area contributed by atoms with Crippen LogP contribution in [-0.4, -0.2) is 48.5 Å². The number of hydrogen-bond donors (Lipinski definition) is 1. The second kappa shape index (κ2) is 8.08. The van der Waals surface area contributed by atoms with Crippen molar-refractivity contribution in [1.82, 2.24) is 10.2 Å². The average Bonchev–Trinajstić information content (AvgIpc) is 3.02. The van der Waals surface area contributed by atoms with Crippen LogP contribution in [0.25, 0.3) is 0 Å². The summed E-state index contributed by atoms with van der Waals surface area (Å²) in [4.78, 5) is 6.90. The van der Waals surface area contributed by atoms with E-state index in [0.717, 1.165) is 31.5 Å². The first-order chi connectivity index (χ1) is 10.1. The van der Waals surface area contributed by atoms with Crippen molar-refractivity contribution >= 4 is 29.1 Å². The molecule has 118 valence electrons. The fourth-order valence-electron chi connectivity index (χ4n) is 2.52. The zero-order valence-corrected chi connectivity index (χ0v) is 15.1. The summed E-state index contributed by atoms with van der Waals surface area (Å²) < 4.78 is 0. The highest BCUT2D eigenvalue weighted by Crippen LogP contribution is 2.25. The smallest absolute Gasteiger partial charge is 0.193 e. The minimum absolute atomic E-state index is 0.521. The molecule has 2 heterocycles. The SMILES string of the molecule is CN=C(NCC(C)c1ccsc1)N1CCSC(C(C)C)C1. The third-order valence-electron chi connectivity index (χ3n) is 4.03. The number of rotatable bonds is 4. The van der Waals surface area contributed by atoms with E-state index in [1.807, 2.05) is 7.05 Å². The molecule has 1 aliphatic rings. The molecule has 5 heteroatoms. The molecule has 2 unspecified atom stereocenters. The van der Waals surface area contributed by atoms with E-state index in [4.69, 9.17) is 0 Å². The van der Waals surface area contributed by atoms with Gasteiger partial charge in [0.15, 0.2) is 5.96 Å². The molecule has 0 radical (unpaired) electrons. The lowest BCUT2D eigenvalue weighted by molar-refractivity contribution is 0.380. The number of aliphatic imine (C=N–C) groups is 1. The molecule has 0 amide bonds. The Morgan fingerprint density at radius 1 is 1.48 bits per heavy atom. The third kappa shape index (κ3) is 4.65. The van der Waals surface area contributed by atoms with Crippen LogP contribution in [0.1, 0.15) is 32.3 Å². The standard InChI is InChI=1S/C16H27N3S2/c1-12(2)15-10-19(6-8-21-15)16(17-4)18-9-13(3)14-5-7-20-11-14/h5,7,11-13,15H,6,8-10H2,1-4H3,(H,17,18). The lowest BCUT2D eigenvalue weighted by Gasteiger charge is -2.36. The summed E-state index contributed by atoms with van der Waals surface area (Å²) in [5.74, 6) is 3.50. The van der Waals surface area contributed by atoms with Gasteiger partial charge in [-0.25, -0.2) is 0 Å². The van der Waals surface area contributed by atoms with Gasteiger partial charge in [-0.15, -0.1) is 0 Å². The predicted molar refractivity (Wildman–Crippen MR) is 96.8 cm³/mol. The second-order valence-electron chi connectivity index (χ2n) is 5.99. The van der Waals surface area contributed by atoms with Crippen LogP contribution >= 0.6 is 23.1 Å². The molecular weight excluding hydrogens is 298 g/mol. The van der Waals surface area contributed by atoms with E-state index in [0.29, 0.717) is 11.2 Å². The Kier molecular flexibility index (Phi) is 6.42. The van der Waals surface area contributed by atoms with Crippen LogP contribution in [0.15, 0.2) is 21.8 Å². The summed E-state index contributed by atoms with van der Waals surface area (Å²) in [6, 6.07) is 2.21. The van der Waals surface area contributed by atoms with E-state index in [2.05, 4.69) is 64.6 Å². The highest BCUT2D eigenvalue weighted by molar-refractivity contribution is 8.00. The zero-order chi connectivity index (χ0) is 15.2. The summed E-state index contributed by atoms with van der Waals surface area (Å²) in [6.07, 6.45) is 0. The molecule has 1 aromatic rings. The van der Waals surface area contributed by atoms with Crippen molar-refractivity contribution in [3.05, 3.63) is 22.4 Å². The highest BCUT2D eigenvalue weighted by Gasteiger charge is 2.25. The number of hydrogen-bond acceptors (Lipinski definition) is 3. The summed E-state index contributed by atoms with van der Waals surface area (Å²) in [6.45, 7) is 10.0. The molecule has 1 saturated heterocycles. The molecule has 1 aromatic heterocycles. The molecular formula is C16H27N3S2. The lowest BCUT2D eigenvalue weighted by atomic mass is 10.1. The average molecular weight is 326 g/mol. The number of nitrogens with one attached hydrogen (secondary N) is 1. The molecule has 0 bridgehead atoms. The molecule has 0 spiro atoms. The minimum Gasteiger partial charge on any atom is -0.356 e. The van der Waals surface area contributed by atoms with Gasteiger partial charge in [0.05, 0.1) is 0 Å². The van der Waals surface area contributed by atoms with Crippen LogP contribution in [0.3, 0.4) is 0 Å². The Morgan fingerprint density at radius 2 is 2.29 bits per heavy atom. The summed E-state index contributed by atoms with van der Waals surface area (Å²) in [5.41, 5.74) is 1.41. The van der Waals surface area contributed by atoms with Crippen molar-refractivity contribution in [1.29, 1.82) is 0 Å². The summed E-state index contributed by atoms with van der Waals surface area (Å²) in [7, 11) is 1.89.